The molecule has 0 bridgehead atoms. The lowest BCUT2D eigenvalue weighted by Gasteiger charge is -2.32. The summed E-state index contributed by atoms with van der Waals surface area (Å²) in [6, 6.07) is 0. The van der Waals surface area contributed by atoms with Gasteiger partial charge >= 0.3 is 5.97 Å². The number of H-pyrrole nitrogens is 1. The summed E-state index contributed by atoms with van der Waals surface area (Å²) in [7, 11) is 2.07. The molecule has 2 rings (SSSR count). The minimum atomic E-state index is -0.994. The molecular formula is C9H14N4O2. The second kappa shape index (κ2) is 3.90. The van der Waals surface area contributed by atoms with Crippen molar-refractivity contribution in [1.82, 2.24) is 14.9 Å². The van der Waals surface area contributed by atoms with Gasteiger partial charge in [0.25, 0.3) is 0 Å². The molecular weight excluding hydrogens is 196 g/mol. The Bertz CT molecular complexity index is 355. The van der Waals surface area contributed by atoms with Crippen molar-refractivity contribution in [2.24, 2.45) is 0 Å². The van der Waals surface area contributed by atoms with Gasteiger partial charge in [-0.25, -0.2) is 9.78 Å². The summed E-state index contributed by atoms with van der Waals surface area (Å²) in [4.78, 5) is 21.8. The number of aromatic amines is 1. The molecule has 2 heterocycles. The normalized spacial score (nSPS) is 18.1. The van der Waals surface area contributed by atoms with Gasteiger partial charge in [0.15, 0.2) is 5.69 Å². The van der Waals surface area contributed by atoms with Gasteiger partial charge in [-0.05, 0) is 7.05 Å². The van der Waals surface area contributed by atoms with Gasteiger partial charge in [0, 0.05) is 32.4 Å². The van der Waals surface area contributed by atoms with Gasteiger partial charge < -0.3 is 19.9 Å². The van der Waals surface area contributed by atoms with Gasteiger partial charge in [0.1, 0.15) is 0 Å². The number of likely N-dealkylation sites (N-methyl/N-ethyl adjacent to an activating group) is 1. The molecule has 6 heteroatoms. The fourth-order valence-electron chi connectivity index (χ4n) is 1.60. The lowest BCUT2D eigenvalue weighted by molar-refractivity contribution is 0.0691. The van der Waals surface area contributed by atoms with Crippen molar-refractivity contribution in [1.29, 1.82) is 0 Å². The SMILES string of the molecule is CN1CCN(c2nc(C(=O)O)c[nH]2)CC1. The summed E-state index contributed by atoms with van der Waals surface area (Å²) in [6.07, 6.45) is 1.43. The fraction of sp³-hybridized carbons (Fsp3) is 0.556. The summed E-state index contributed by atoms with van der Waals surface area (Å²) in [5.74, 6) is -0.341. The summed E-state index contributed by atoms with van der Waals surface area (Å²) < 4.78 is 0. The number of rotatable bonds is 2. The van der Waals surface area contributed by atoms with Crippen molar-refractivity contribution in [2.75, 3.05) is 38.1 Å². The Labute approximate surface area is 87.5 Å². The number of carboxylic acids is 1. The Hall–Kier alpha value is -1.56. The minimum Gasteiger partial charge on any atom is -0.476 e. The lowest BCUT2D eigenvalue weighted by atomic mass is 10.3. The molecule has 1 aromatic heterocycles. The summed E-state index contributed by atoms with van der Waals surface area (Å²) >= 11 is 0. The third kappa shape index (κ3) is 2.10. The number of carbonyl (C=O) groups is 1. The maximum atomic E-state index is 10.6. The predicted molar refractivity (Wildman–Crippen MR) is 55.3 cm³/mol. The second-order valence-electron chi connectivity index (χ2n) is 3.70. The maximum absolute atomic E-state index is 10.6. The monoisotopic (exact) mass is 210 g/mol. The average Bonchev–Trinajstić information content (AvgIpc) is 2.68. The molecule has 0 aliphatic carbocycles. The third-order valence-electron chi connectivity index (χ3n) is 2.59. The predicted octanol–water partition coefficient (Wildman–Crippen LogP) is -0.140. The number of hydrogen-bond acceptors (Lipinski definition) is 4. The number of anilines is 1. The number of aromatic carboxylic acids is 1. The zero-order valence-electron chi connectivity index (χ0n) is 8.60. The summed E-state index contributed by atoms with van der Waals surface area (Å²) in [5.41, 5.74) is 0.0731. The Kier molecular flexibility index (Phi) is 2.59. The van der Waals surface area contributed by atoms with E-state index in [0.29, 0.717) is 5.95 Å². The molecule has 82 valence electrons. The van der Waals surface area contributed by atoms with Crippen molar-refractivity contribution < 1.29 is 9.90 Å². The highest BCUT2D eigenvalue weighted by Crippen LogP contribution is 2.11. The van der Waals surface area contributed by atoms with Crippen LogP contribution >= 0.6 is 0 Å². The first-order chi connectivity index (χ1) is 7.16. The van der Waals surface area contributed by atoms with E-state index in [2.05, 4.69) is 26.8 Å². The molecule has 0 radical (unpaired) electrons. The van der Waals surface area contributed by atoms with Gasteiger partial charge in [-0.2, -0.15) is 0 Å². The zero-order valence-corrected chi connectivity index (χ0v) is 8.60. The molecule has 0 unspecified atom stereocenters. The van der Waals surface area contributed by atoms with Crippen LogP contribution < -0.4 is 4.90 Å². The van der Waals surface area contributed by atoms with Gasteiger partial charge in [0.2, 0.25) is 5.95 Å². The second-order valence-corrected chi connectivity index (χ2v) is 3.70. The van der Waals surface area contributed by atoms with Crippen molar-refractivity contribution in [3.05, 3.63) is 11.9 Å². The zero-order chi connectivity index (χ0) is 10.8. The molecule has 1 aromatic rings. The van der Waals surface area contributed by atoms with Crippen molar-refractivity contribution in [3.8, 4) is 0 Å². The van der Waals surface area contributed by atoms with Crippen LogP contribution in [0.4, 0.5) is 5.95 Å². The van der Waals surface area contributed by atoms with Crippen LogP contribution in [-0.4, -0.2) is 59.2 Å². The summed E-state index contributed by atoms with van der Waals surface area (Å²) in [6.45, 7) is 3.71. The van der Waals surface area contributed by atoms with Crippen molar-refractivity contribution >= 4 is 11.9 Å². The molecule has 0 atom stereocenters. The third-order valence-corrected chi connectivity index (χ3v) is 2.59. The van der Waals surface area contributed by atoms with E-state index >= 15 is 0 Å². The van der Waals surface area contributed by atoms with E-state index in [0.717, 1.165) is 26.2 Å². The van der Waals surface area contributed by atoms with Crippen LogP contribution in [0.25, 0.3) is 0 Å². The van der Waals surface area contributed by atoms with Crippen LogP contribution in [0.3, 0.4) is 0 Å². The maximum Gasteiger partial charge on any atom is 0.356 e. The van der Waals surface area contributed by atoms with Crippen molar-refractivity contribution in [3.63, 3.8) is 0 Å². The van der Waals surface area contributed by atoms with Crippen LogP contribution in [0.2, 0.25) is 0 Å². The van der Waals surface area contributed by atoms with E-state index in [1.54, 1.807) is 0 Å². The Morgan fingerprint density at radius 1 is 1.47 bits per heavy atom. The number of piperazine rings is 1. The molecule has 15 heavy (non-hydrogen) atoms. The quantitative estimate of drug-likeness (QED) is 0.710. The topological polar surface area (TPSA) is 72.5 Å². The van der Waals surface area contributed by atoms with E-state index < -0.39 is 5.97 Å². The molecule has 0 saturated carbocycles. The number of nitrogens with zero attached hydrogens (tertiary/aromatic N) is 3. The van der Waals surface area contributed by atoms with Crippen LogP contribution in [0.5, 0.6) is 0 Å². The highest BCUT2D eigenvalue weighted by atomic mass is 16.4. The fourth-order valence-corrected chi connectivity index (χ4v) is 1.60. The van der Waals surface area contributed by atoms with Crippen LogP contribution in [0.1, 0.15) is 10.5 Å². The average molecular weight is 210 g/mol. The van der Waals surface area contributed by atoms with Gasteiger partial charge in [0.05, 0.1) is 0 Å². The van der Waals surface area contributed by atoms with Crippen molar-refractivity contribution in [2.45, 2.75) is 0 Å². The van der Waals surface area contributed by atoms with Crippen LogP contribution in [-0.2, 0) is 0 Å². The minimum absolute atomic E-state index is 0.0731. The molecule has 0 aromatic carbocycles. The molecule has 2 N–H and O–H groups in total. The number of nitrogens with one attached hydrogen (secondary N) is 1. The highest BCUT2D eigenvalue weighted by molar-refractivity contribution is 5.85. The number of imidazole rings is 1. The van der Waals surface area contributed by atoms with Gasteiger partial charge in [-0.1, -0.05) is 0 Å². The Morgan fingerprint density at radius 2 is 2.13 bits per heavy atom. The lowest BCUT2D eigenvalue weighted by Crippen LogP contribution is -2.44. The number of aromatic nitrogens is 2. The molecule has 1 saturated heterocycles. The Balaban J connectivity index is 2.06. The number of hydrogen-bond donors (Lipinski definition) is 2. The molecule has 1 fully saturated rings. The Morgan fingerprint density at radius 3 is 2.67 bits per heavy atom. The van der Waals surface area contributed by atoms with Gasteiger partial charge in [-0.15, -0.1) is 0 Å². The van der Waals surface area contributed by atoms with Gasteiger partial charge in [-0.3, -0.25) is 0 Å². The van der Waals surface area contributed by atoms with E-state index in [1.807, 2.05) is 0 Å². The van der Waals surface area contributed by atoms with E-state index in [4.69, 9.17) is 5.11 Å². The van der Waals surface area contributed by atoms with E-state index in [1.165, 1.54) is 6.20 Å². The highest BCUT2D eigenvalue weighted by Gasteiger charge is 2.17. The molecule has 1 aliphatic heterocycles. The largest absolute Gasteiger partial charge is 0.476 e. The molecule has 0 spiro atoms. The first kappa shape index (κ1) is 9.97. The number of carboxylic acid groups (broad SMARTS) is 1. The molecule has 1 aliphatic rings. The van der Waals surface area contributed by atoms with E-state index in [-0.39, 0.29) is 5.69 Å². The molecule has 6 nitrogen and oxygen atoms in total. The van der Waals surface area contributed by atoms with Crippen LogP contribution in [0, 0.1) is 0 Å². The summed E-state index contributed by atoms with van der Waals surface area (Å²) in [5, 5.41) is 8.73. The smallest absolute Gasteiger partial charge is 0.356 e. The first-order valence-electron chi connectivity index (χ1n) is 4.89. The molecule has 0 amide bonds. The van der Waals surface area contributed by atoms with E-state index in [9.17, 15) is 4.79 Å². The first-order valence-corrected chi connectivity index (χ1v) is 4.89. The standard InChI is InChI=1S/C9H14N4O2/c1-12-2-4-13(5-3-12)9-10-6-7(11-9)8(14)15/h6H,2-5H2,1H3,(H,10,11)(H,14,15). The van der Waals surface area contributed by atoms with Crippen LogP contribution in [0.15, 0.2) is 6.20 Å².